The standard InChI is InChI=1S/C15H24ClN3O3S/c1-12-6-7-13(16)10-14(12)19(23(4,21)22)11-15(20)17-8-5-9-18(2)3/h6-7,10H,5,8-9,11H2,1-4H3,(H,17,20). The quantitative estimate of drug-likeness (QED) is 0.712. The number of carbonyl (C=O) groups is 1. The number of sulfonamides is 1. The summed E-state index contributed by atoms with van der Waals surface area (Å²) in [5.74, 6) is -0.339. The van der Waals surface area contributed by atoms with Gasteiger partial charge < -0.3 is 10.2 Å². The molecule has 0 aliphatic carbocycles. The predicted octanol–water partition coefficient (Wildman–Crippen LogP) is 1.48. The van der Waals surface area contributed by atoms with Gasteiger partial charge >= 0.3 is 0 Å². The molecule has 6 nitrogen and oxygen atoms in total. The fourth-order valence-electron chi connectivity index (χ4n) is 2.04. The minimum Gasteiger partial charge on any atom is -0.354 e. The first-order valence-corrected chi connectivity index (χ1v) is 9.49. The summed E-state index contributed by atoms with van der Waals surface area (Å²) in [6, 6.07) is 4.96. The Morgan fingerprint density at radius 2 is 1.96 bits per heavy atom. The second kappa shape index (κ2) is 8.52. The van der Waals surface area contributed by atoms with Crippen molar-refractivity contribution in [2.24, 2.45) is 0 Å². The molecule has 1 aromatic carbocycles. The van der Waals surface area contributed by atoms with Crippen molar-refractivity contribution >= 4 is 33.2 Å². The van der Waals surface area contributed by atoms with E-state index in [1.165, 1.54) is 0 Å². The number of aryl methyl sites for hydroxylation is 1. The third-order valence-electron chi connectivity index (χ3n) is 3.23. The highest BCUT2D eigenvalue weighted by atomic mass is 35.5. The molecule has 0 bridgehead atoms. The van der Waals surface area contributed by atoms with Crippen LogP contribution < -0.4 is 9.62 Å². The Bertz CT molecular complexity index is 647. The van der Waals surface area contributed by atoms with Crippen LogP contribution in [0.15, 0.2) is 18.2 Å². The number of hydrogen-bond donors (Lipinski definition) is 1. The fraction of sp³-hybridized carbons (Fsp3) is 0.533. The van der Waals surface area contributed by atoms with E-state index in [4.69, 9.17) is 11.6 Å². The Morgan fingerprint density at radius 3 is 2.52 bits per heavy atom. The number of halogens is 1. The van der Waals surface area contributed by atoms with Crippen molar-refractivity contribution in [3.63, 3.8) is 0 Å². The zero-order chi connectivity index (χ0) is 17.6. The maximum absolute atomic E-state index is 12.1. The van der Waals surface area contributed by atoms with Gasteiger partial charge in [-0.2, -0.15) is 0 Å². The molecule has 0 radical (unpaired) electrons. The second-order valence-electron chi connectivity index (χ2n) is 5.71. The average Bonchev–Trinajstić information content (AvgIpc) is 2.42. The van der Waals surface area contributed by atoms with Crippen LogP contribution in [0.4, 0.5) is 5.69 Å². The molecule has 1 amide bonds. The van der Waals surface area contributed by atoms with Crippen LogP contribution in [0.5, 0.6) is 0 Å². The summed E-state index contributed by atoms with van der Waals surface area (Å²) in [6.07, 6.45) is 1.88. The first-order chi connectivity index (χ1) is 10.6. The highest BCUT2D eigenvalue weighted by molar-refractivity contribution is 7.92. The zero-order valence-electron chi connectivity index (χ0n) is 14.0. The van der Waals surface area contributed by atoms with Crippen LogP contribution in [0.1, 0.15) is 12.0 Å². The maximum Gasteiger partial charge on any atom is 0.240 e. The molecule has 8 heteroatoms. The molecule has 0 aliphatic rings. The van der Waals surface area contributed by atoms with Gasteiger partial charge in [0.05, 0.1) is 11.9 Å². The van der Waals surface area contributed by atoms with Crippen LogP contribution in [0.25, 0.3) is 0 Å². The van der Waals surface area contributed by atoms with Gasteiger partial charge in [-0.1, -0.05) is 17.7 Å². The number of nitrogens with zero attached hydrogens (tertiary/aromatic N) is 2. The lowest BCUT2D eigenvalue weighted by atomic mass is 10.2. The van der Waals surface area contributed by atoms with Crippen molar-refractivity contribution in [3.05, 3.63) is 28.8 Å². The maximum atomic E-state index is 12.1. The highest BCUT2D eigenvalue weighted by Crippen LogP contribution is 2.26. The van der Waals surface area contributed by atoms with Crippen LogP contribution in [0.3, 0.4) is 0 Å². The van der Waals surface area contributed by atoms with Gasteiger partial charge in [-0.05, 0) is 51.7 Å². The van der Waals surface area contributed by atoms with E-state index in [9.17, 15) is 13.2 Å². The summed E-state index contributed by atoms with van der Waals surface area (Å²) in [7, 11) is 0.316. The molecule has 0 heterocycles. The van der Waals surface area contributed by atoms with Crippen LogP contribution in [0.2, 0.25) is 5.02 Å². The molecule has 0 aliphatic heterocycles. The van der Waals surface area contributed by atoms with Gasteiger partial charge in [0.15, 0.2) is 0 Å². The lowest BCUT2D eigenvalue weighted by Crippen LogP contribution is -2.41. The molecule has 0 spiro atoms. The summed E-state index contributed by atoms with van der Waals surface area (Å²) in [4.78, 5) is 14.1. The summed E-state index contributed by atoms with van der Waals surface area (Å²) >= 11 is 5.95. The van der Waals surface area contributed by atoms with Crippen LogP contribution >= 0.6 is 11.6 Å². The van der Waals surface area contributed by atoms with Gasteiger partial charge in [0, 0.05) is 11.6 Å². The third-order valence-corrected chi connectivity index (χ3v) is 4.59. The predicted molar refractivity (Wildman–Crippen MR) is 94.6 cm³/mol. The van der Waals surface area contributed by atoms with Crippen LogP contribution in [-0.2, 0) is 14.8 Å². The van der Waals surface area contributed by atoms with E-state index >= 15 is 0 Å². The van der Waals surface area contributed by atoms with Crippen molar-refractivity contribution in [2.75, 3.05) is 44.3 Å². The number of benzene rings is 1. The SMILES string of the molecule is Cc1ccc(Cl)cc1N(CC(=O)NCCCN(C)C)S(C)(=O)=O. The van der Waals surface area contributed by atoms with Gasteiger partial charge in [-0.3, -0.25) is 9.10 Å². The number of rotatable bonds is 8. The second-order valence-corrected chi connectivity index (χ2v) is 8.05. The Balaban J connectivity index is 2.81. The lowest BCUT2D eigenvalue weighted by Gasteiger charge is -2.24. The molecule has 0 atom stereocenters. The first kappa shape index (κ1) is 19.7. The van der Waals surface area contributed by atoms with Crippen LogP contribution in [-0.4, -0.2) is 59.2 Å². The van der Waals surface area contributed by atoms with Gasteiger partial charge in [0.25, 0.3) is 0 Å². The van der Waals surface area contributed by atoms with E-state index in [0.29, 0.717) is 17.3 Å². The molecule has 0 fully saturated rings. The molecular formula is C15H24ClN3O3S. The summed E-state index contributed by atoms with van der Waals surface area (Å²) in [5, 5.41) is 3.16. The molecule has 0 unspecified atom stereocenters. The minimum absolute atomic E-state index is 0.262. The Kier molecular flexibility index (Phi) is 7.31. The van der Waals surface area contributed by atoms with Gasteiger partial charge in [-0.25, -0.2) is 8.42 Å². The lowest BCUT2D eigenvalue weighted by molar-refractivity contribution is -0.119. The molecule has 1 aromatic rings. The normalized spacial score (nSPS) is 11.6. The topological polar surface area (TPSA) is 69.7 Å². The van der Waals surface area contributed by atoms with Crippen molar-refractivity contribution in [3.8, 4) is 0 Å². The Hall–Kier alpha value is -1.31. The van der Waals surface area contributed by atoms with Crippen molar-refractivity contribution < 1.29 is 13.2 Å². The van der Waals surface area contributed by atoms with Crippen molar-refractivity contribution in [2.45, 2.75) is 13.3 Å². The van der Waals surface area contributed by atoms with Crippen LogP contribution in [0, 0.1) is 6.92 Å². The molecule has 1 N–H and O–H groups in total. The minimum atomic E-state index is -3.59. The fourth-order valence-corrected chi connectivity index (χ4v) is 3.11. The Labute approximate surface area is 143 Å². The molecule has 0 saturated carbocycles. The molecule has 23 heavy (non-hydrogen) atoms. The smallest absolute Gasteiger partial charge is 0.240 e. The van der Waals surface area contributed by atoms with E-state index in [1.807, 2.05) is 19.0 Å². The molecule has 1 rings (SSSR count). The zero-order valence-corrected chi connectivity index (χ0v) is 15.5. The van der Waals surface area contributed by atoms with Gasteiger partial charge in [0.2, 0.25) is 15.9 Å². The largest absolute Gasteiger partial charge is 0.354 e. The van der Waals surface area contributed by atoms with E-state index in [-0.39, 0.29) is 12.5 Å². The van der Waals surface area contributed by atoms with E-state index < -0.39 is 10.0 Å². The molecule has 0 saturated heterocycles. The summed E-state index contributed by atoms with van der Waals surface area (Å²) in [5.41, 5.74) is 1.16. The van der Waals surface area contributed by atoms with Crippen molar-refractivity contribution in [1.82, 2.24) is 10.2 Å². The number of amides is 1. The summed E-state index contributed by atoms with van der Waals surface area (Å²) in [6.45, 7) is 2.87. The third kappa shape index (κ3) is 6.76. The van der Waals surface area contributed by atoms with E-state index in [1.54, 1.807) is 25.1 Å². The monoisotopic (exact) mass is 361 g/mol. The number of carbonyl (C=O) groups excluding carboxylic acids is 1. The number of hydrogen-bond acceptors (Lipinski definition) is 4. The number of nitrogens with one attached hydrogen (secondary N) is 1. The van der Waals surface area contributed by atoms with E-state index in [0.717, 1.165) is 29.1 Å². The molecular weight excluding hydrogens is 338 g/mol. The van der Waals surface area contributed by atoms with E-state index in [2.05, 4.69) is 5.32 Å². The summed E-state index contributed by atoms with van der Waals surface area (Å²) < 4.78 is 25.2. The number of anilines is 1. The van der Waals surface area contributed by atoms with Crippen molar-refractivity contribution in [1.29, 1.82) is 0 Å². The Morgan fingerprint density at radius 1 is 1.30 bits per heavy atom. The average molecular weight is 362 g/mol. The highest BCUT2D eigenvalue weighted by Gasteiger charge is 2.22. The molecule has 130 valence electrons. The van der Waals surface area contributed by atoms with Gasteiger partial charge in [-0.15, -0.1) is 0 Å². The first-order valence-electron chi connectivity index (χ1n) is 7.26. The molecule has 0 aromatic heterocycles. The van der Waals surface area contributed by atoms with Gasteiger partial charge in [0.1, 0.15) is 6.54 Å².